The van der Waals surface area contributed by atoms with E-state index in [1.807, 2.05) is 30.6 Å². The Hall–Kier alpha value is -3.18. The Labute approximate surface area is 237 Å². The number of piperazine rings is 1. The molecule has 0 unspecified atom stereocenters. The van der Waals surface area contributed by atoms with Crippen molar-refractivity contribution in [1.29, 1.82) is 0 Å². The molecule has 0 saturated carbocycles. The highest BCUT2D eigenvalue weighted by Crippen LogP contribution is 2.32. The summed E-state index contributed by atoms with van der Waals surface area (Å²) in [6.45, 7) is 6.72. The van der Waals surface area contributed by atoms with Crippen LogP contribution in [0.15, 0.2) is 71.9 Å². The summed E-state index contributed by atoms with van der Waals surface area (Å²) in [5.41, 5.74) is 2.48. The fourth-order valence-corrected chi connectivity index (χ4v) is 6.98. The van der Waals surface area contributed by atoms with E-state index < -0.39 is 10.0 Å². The van der Waals surface area contributed by atoms with Crippen LogP contribution < -0.4 is 14.2 Å². The number of pyridine rings is 1. The molecule has 2 aliphatic rings. The molecule has 214 valence electrons. The van der Waals surface area contributed by atoms with Crippen molar-refractivity contribution >= 4 is 10.0 Å². The summed E-state index contributed by atoms with van der Waals surface area (Å²) < 4.78 is 45.2. The lowest BCUT2D eigenvalue weighted by atomic mass is 10.1. The summed E-state index contributed by atoms with van der Waals surface area (Å²) in [4.78, 5) is 9.30. The van der Waals surface area contributed by atoms with Crippen molar-refractivity contribution in [3.8, 4) is 17.2 Å². The van der Waals surface area contributed by atoms with Crippen molar-refractivity contribution in [3.63, 3.8) is 0 Å². The molecule has 40 heavy (non-hydrogen) atoms. The second-order valence-corrected chi connectivity index (χ2v) is 12.2. The minimum Gasteiger partial charge on any atom is -0.497 e. The Kier molecular flexibility index (Phi) is 9.21. The third-order valence-corrected chi connectivity index (χ3v) is 9.51. The number of methoxy groups -OCH3 is 2. The number of piperidine rings is 1. The molecule has 0 atom stereocenters. The molecule has 0 spiro atoms. The Morgan fingerprint density at radius 3 is 2.15 bits per heavy atom. The first kappa shape index (κ1) is 28.4. The lowest BCUT2D eigenvalue weighted by molar-refractivity contribution is 0.121. The zero-order valence-corrected chi connectivity index (χ0v) is 24.1. The molecule has 0 aliphatic carbocycles. The molecule has 3 aromatic rings. The van der Waals surface area contributed by atoms with Crippen molar-refractivity contribution in [2.45, 2.75) is 36.9 Å². The van der Waals surface area contributed by atoms with Gasteiger partial charge in [0.25, 0.3) is 0 Å². The molecule has 0 radical (unpaired) electrons. The van der Waals surface area contributed by atoms with Crippen LogP contribution in [0.3, 0.4) is 0 Å². The van der Waals surface area contributed by atoms with Gasteiger partial charge < -0.3 is 14.2 Å². The number of hydrogen-bond acceptors (Lipinski definition) is 8. The fourth-order valence-electron chi connectivity index (χ4n) is 5.34. The maximum atomic E-state index is 13.4. The SMILES string of the molecule is COc1ccc(OC)c(S(=O)(=O)N2CCC(Oc3cccc(CN4CCN(Cc5cccnc5)CC4)c3)CC2)c1. The van der Waals surface area contributed by atoms with Gasteiger partial charge in [0.2, 0.25) is 10.0 Å². The average molecular weight is 567 g/mol. The molecular weight excluding hydrogens is 528 g/mol. The molecule has 1 aromatic heterocycles. The van der Waals surface area contributed by atoms with Gasteiger partial charge in [0, 0.05) is 70.8 Å². The van der Waals surface area contributed by atoms with E-state index in [1.165, 1.54) is 35.7 Å². The van der Waals surface area contributed by atoms with E-state index in [4.69, 9.17) is 14.2 Å². The van der Waals surface area contributed by atoms with E-state index >= 15 is 0 Å². The van der Waals surface area contributed by atoms with Gasteiger partial charge in [-0.3, -0.25) is 14.8 Å². The van der Waals surface area contributed by atoms with Gasteiger partial charge in [-0.2, -0.15) is 4.31 Å². The van der Waals surface area contributed by atoms with Crippen LogP contribution >= 0.6 is 0 Å². The normalized spacial score (nSPS) is 17.9. The summed E-state index contributed by atoms with van der Waals surface area (Å²) in [6.07, 6.45) is 4.96. The van der Waals surface area contributed by atoms with E-state index in [2.05, 4.69) is 33.0 Å². The van der Waals surface area contributed by atoms with Crippen molar-refractivity contribution in [2.75, 3.05) is 53.5 Å². The summed E-state index contributed by atoms with van der Waals surface area (Å²) in [5.74, 6) is 1.62. The lowest BCUT2D eigenvalue weighted by Gasteiger charge is -2.34. The maximum Gasteiger partial charge on any atom is 0.246 e. The second kappa shape index (κ2) is 13.0. The third-order valence-electron chi connectivity index (χ3n) is 7.59. The first-order chi connectivity index (χ1) is 19.4. The van der Waals surface area contributed by atoms with Crippen LogP contribution in [0.4, 0.5) is 0 Å². The van der Waals surface area contributed by atoms with Crippen molar-refractivity contribution in [2.24, 2.45) is 0 Å². The summed E-state index contributed by atoms with van der Waals surface area (Å²) in [6, 6.07) is 17.2. The molecule has 2 saturated heterocycles. The predicted molar refractivity (Wildman–Crippen MR) is 153 cm³/mol. The molecule has 5 rings (SSSR count). The molecular formula is C30H38N4O5S. The molecule has 2 fully saturated rings. The van der Waals surface area contributed by atoms with E-state index in [0.29, 0.717) is 37.4 Å². The molecule has 0 bridgehead atoms. The Bertz CT molecular complexity index is 1360. The van der Waals surface area contributed by atoms with Crippen LogP contribution in [0.5, 0.6) is 17.2 Å². The minimum absolute atomic E-state index is 0.0371. The number of ether oxygens (including phenoxy) is 3. The van der Waals surface area contributed by atoms with Crippen LogP contribution in [0.25, 0.3) is 0 Å². The first-order valence-electron chi connectivity index (χ1n) is 13.8. The van der Waals surface area contributed by atoms with Gasteiger partial charge >= 0.3 is 0 Å². The lowest BCUT2D eigenvalue weighted by Crippen LogP contribution is -2.45. The predicted octanol–water partition coefficient (Wildman–Crippen LogP) is 3.65. The van der Waals surface area contributed by atoms with Crippen LogP contribution in [-0.4, -0.2) is 87.1 Å². The quantitative estimate of drug-likeness (QED) is 0.368. The maximum absolute atomic E-state index is 13.4. The fraction of sp³-hybridized carbons (Fsp3) is 0.433. The second-order valence-electron chi connectivity index (χ2n) is 10.3. The third kappa shape index (κ3) is 6.93. The van der Waals surface area contributed by atoms with Crippen molar-refractivity contribution < 1.29 is 22.6 Å². The zero-order chi connectivity index (χ0) is 28.0. The highest BCUT2D eigenvalue weighted by molar-refractivity contribution is 7.89. The van der Waals surface area contributed by atoms with Crippen molar-refractivity contribution in [1.82, 2.24) is 19.1 Å². The first-order valence-corrected chi connectivity index (χ1v) is 15.2. The van der Waals surface area contributed by atoms with Crippen LogP contribution in [-0.2, 0) is 23.1 Å². The summed E-state index contributed by atoms with van der Waals surface area (Å²) >= 11 is 0. The average Bonchev–Trinajstić information content (AvgIpc) is 2.99. The summed E-state index contributed by atoms with van der Waals surface area (Å²) in [5, 5.41) is 0. The Morgan fingerprint density at radius 1 is 0.800 bits per heavy atom. The van der Waals surface area contributed by atoms with E-state index in [1.54, 1.807) is 12.1 Å². The van der Waals surface area contributed by atoms with Gasteiger partial charge in [-0.15, -0.1) is 0 Å². The van der Waals surface area contributed by atoms with E-state index in [-0.39, 0.29) is 11.0 Å². The number of sulfonamides is 1. The monoisotopic (exact) mass is 566 g/mol. The zero-order valence-electron chi connectivity index (χ0n) is 23.2. The van der Waals surface area contributed by atoms with E-state index in [9.17, 15) is 8.42 Å². The van der Waals surface area contributed by atoms with Crippen LogP contribution in [0.2, 0.25) is 0 Å². The van der Waals surface area contributed by atoms with Gasteiger partial charge in [0.1, 0.15) is 28.2 Å². The molecule has 9 nitrogen and oxygen atoms in total. The molecule has 2 aromatic carbocycles. The smallest absolute Gasteiger partial charge is 0.246 e. The molecule has 3 heterocycles. The topological polar surface area (TPSA) is 84.4 Å². The van der Waals surface area contributed by atoms with Crippen LogP contribution in [0, 0.1) is 0 Å². The summed E-state index contributed by atoms with van der Waals surface area (Å²) in [7, 11) is -0.732. The van der Waals surface area contributed by atoms with Gasteiger partial charge in [0.15, 0.2) is 0 Å². The Morgan fingerprint density at radius 2 is 1.50 bits per heavy atom. The minimum atomic E-state index is -3.72. The Balaban J connectivity index is 1.12. The highest BCUT2D eigenvalue weighted by atomic mass is 32.2. The van der Waals surface area contributed by atoms with Crippen LogP contribution in [0.1, 0.15) is 24.0 Å². The number of nitrogens with zero attached hydrogens (tertiary/aromatic N) is 4. The van der Waals surface area contributed by atoms with Gasteiger partial charge in [-0.05, 0) is 54.3 Å². The number of rotatable bonds is 10. The van der Waals surface area contributed by atoms with E-state index in [0.717, 1.165) is 45.0 Å². The number of hydrogen-bond donors (Lipinski definition) is 0. The highest BCUT2D eigenvalue weighted by Gasteiger charge is 2.32. The van der Waals surface area contributed by atoms with Gasteiger partial charge in [-0.25, -0.2) is 8.42 Å². The largest absolute Gasteiger partial charge is 0.497 e. The molecule has 10 heteroatoms. The molecule has 2 aliphatic heterocycles. The van der Waals surface area contributed by atoms with Gasteiger partial charge in [-0.1, -0.05) is 18.2 Å². The van der Waals surface area contributed by atoms with Crippen molar-refractivity contribution in [3.05, 3.63) is 78.1 Å². The molecule has 0 N–H and O–H groups in total. The number of aromatic nitrogens is 1. The molecule has 0 amide bonds. The van der Waals surface area contributed by atoms with Gasteiger partial charge in [0.05, 0.1) is 14.2 Å². The number of benzene rings is 2. The standard InChI is InChI=1S/C30H38N4O5S/c1-37-27-8-9-29(38-2)30(20-27)40(35,36)34-13-10-26(11-14-34)39-28-7-3-5-24(19-28)22-32-15-17-33(18-16-32)23-25-6-4-12-31-21-25/h3-9,12,19-21,26H,10-11,13-18,22-23H2,1-2H3.